The standard InChI is InChI=1S/C62H43NS/c1-62(43-23-6-3-7-24-43)56-35-16-12-29-49(56)50-40-39-44(41-57(50)62)63(59-37-18-14-31-52(59)54-33-20-34-55-53-32-15-19-38-60(53)64-61(54)55)58-36-17-13-30-51(58)48-28-11-10-27-47(48)46-26-9-8-25-45(46)42-21-4-2-5-22-42/h2-41H,1H3. The number of benzene rings is 10. The van der Waals surface area contributed by atoms with E-state index < -0.39 is 0 Å². The summed E-state index contributed by atoms with van der Waals surface area (Å²) in [6.45, 7) is 2.41. The molecule has 0 N–H and O–H groups in total. The fourth-order valence-corrected chi connectivity index (χ4v) is 11.6. The first-order valence-electron chi connectivity index (χ1n) is 22.1. The average molecular weight is 834 g/mol. The van der Waals surface area contributed by atoms with Crippen LogP contribution in [0.2, 0.25) is 0 Å². The highest BCUT2D eigenvalue weighted by atomic mass is 32.1. The summed E-state index contributed by atoms with van der Waals surface area (Å²) in [7, 11) is 0. The van der Waals surface area contributed by atoms with Gasteiger partial charge in [-0.05, 0) is 92.9 Å². The second kappa shape index (κ2) is 15.5. The van der Waals surface area contributed by atoms with E-state index in [9.17, 15) is 0 Å². The van der Waals surface area contributed by atoms with Crippen molar-refractivity contribution in [1.82, 2.24) is 0 Å². The van der Waals surface area contributed by atoms with Crippen LogP contribution in [0, 0.1) is 0 Å². The van der Waals surface area contributed by atoms with Crippen molar-refractivity contribution in [2.45, 2.75) is 12.3 Å². The summed E-state index contributed by atoms with van der Waals surface area (Å²) in [5.41, 5.74) is 19.1. The van der Waals surface area contributed by atoms with E-state index in [2.05, 4.69) is 254 Å². The minimum atomic E-state index is -0.357. The van der Waals surface area contributed by atoms with Crippen molar-refractivity contribution in [3.8, 4) is 55.6 Å². The van der Waals surface area contributed by atoms with Crippen molar-refractivity contribution in [2.75, 3.05) is 4.90 Å². The van der Waals surface area contributed by atoms with Gasteiger partial charge in [-0.3, -0.25) is 0 Å². The SMILES string of the molecule is CC1(c2ccccc2)c2ccccc2-c2ccc(N(c3ccccc3-c3ccccc3-c3ccccc3-c3ccccc3)c3ccccc3-c3cccc4c3sc3ccccc34)cc21. The van der Waals surface area contributed by atoms with Crippen LogP contribution in [-0.2, 0) is 5.41 Å². The van der Waals surface area contributed by atoms with Gasteiger partial charge in [0.15, 0.2) is 0 Å². The number of hydrogen-bond donors (Lipinski definition) is 0. The lowest BCUT2D eigenvalue weighted by Crippen LogP contribution is -2.23. The second-order valence-corrected chi connectivity index (χ2v) is 17.9. The first kappa shape index (κ1) is 37.9. The summed E-state index contributed by atoms with van der Waals surface area (Å²) in [6, 6.07) is 89.3. The van der Waals surface area contributed by atoms with Gasteiger partial charge < -0.3 is 4.90 Å². The predicted octanol–water partition coefficient (Wildman–Crippen LogP) is 17.5. The zero-order valence-corrected chi connectivity index (χ0v) is 36.3. The molecule has 0 spiro atoms. The maximum Gasteiger partial charge on any atom is 0.0540 e. The third-order valence-electron chi connectivity index (χ3n) is 13.4. The molecular weight excluding hydrogens is 791 g/mol. The van der Waals surface area contributed by atoms with Gasteiger partial charge in [-0.15, -0.1) is 11.3 Å². The molecule has 0 bridgehead atoms. The van der Waals surface area contributed by atoms with E-state index >= 15 is 0 Å². The van der Waals surface area contributed by atoms with E-state index in [4.69, 9.17) is 0 Å². The number of nitrogens with zero attached hydrogens (tertiary/aromatic N) is 1. The minimum Gasteiger partial charge on any atom is -0.309 e. The molecule has 1 aliphatic rings. The summed E-state index contributed by atoms with van der Waals surface area (Å²) >= 11 is 1.88. The quantitative estimate of drug-likeness (QED) is 0.147. The van der Waals surface area contributed by atoms with E-state index in [0.717, 1.165) is 22.6 Å². The lowest BCUT2D eigenvalue weighted by Gasteiger charge is -2.33. The summed E-state index contributed by atoms with van der Waals surface area (Å²) in [4.78, 5) is 2.53. The topological polar surface area (TPSA) is 3.24 Å². The molecule has 1 nitrogen and oxygen atoms in total. The Morgan fingerprint density at radius 3 is 1.55 bits per heavy atom. The molecule has 2 heteroatoms. The van der Waals surface area contributed by atoms with Gasteiger partial charge in [-0.1, -0.05) is 212 Å². The Morgan fingerprint density at radius 2 is 0.828 bits per heavy atom. The van der Waals surface area contributed by atoms with E-state index in [0.29, 0.717) is 0 Å². The lowest BCUT2D eigenvalue weighted by atomic mass is 9.74. The Balaban J connectivity index is 1.13. The van der Waals surface area contributed by atoms with Crippen molar-refractivity contribution < 1.29 is 0 Å². The molecule has 1 aromatic heterocycles. The molecule has 11 aromatic rings. The molecule has 0 radical (unpaired) electrons. The normalized spacial score (nSPS) is 14.1. The largest absolute Gasteiger partial charge is 0.309 e. The molecule has 302 valence electrons. The summed E-state index contributed by atoms with van der Waals surface area (Å²) in [6.07, 6.45) is 0. The number of para-hydroxylation sites is 2. The Kier molecular flexibility index (Phi) is 9.21. The number of anilines is 3. The molecule has 12 rings (SSSR count). The number of thiophene rings is 1. The molecule has 64 heavy (non-hydrogen) atoms. The smallest absolute Gasteiger partial charge is 0.0540 e. The highest BCUT2D eigenvalue weighted by molar-refractivity contribution is 7.26. The Labute approximate surface area is 378 Å². The predicted molar refractivity (Wildman–Crippen MR) is 273 cm³/mol. The number of fused-ring (bicyclic) bond motifs is 6. The van der Waals surface area contributed by atoms with Gasteiger partial charge in [-0.2, -0.15) is 0 Å². The average Bonchev–Trinajstić information content (AvgIpc) is 3.88. The van der Waals surface area contributed by atoms with E-state index in [-0.39, 0.29) is 5.41 Å². The van der Waals surface area contributed by atoms with Crippen molar-refractivity contribution in [1.29, 1.82) is 0 Å². The van der Waals surface area contributed by atoms with Crippen LogP contribution in [0.25, 0.3) is 75.8 Å². The summed E-state index contributed by atoms with van der Waals surface area (Å²) in [5, 5.41) is 2.59. The van der Waals surface area contributed by atoms with Gasteiger partial charge in [0.1, 0.15) is 0 Å². The third-order valence-corrected chi connectivity index (χ3v) is 14.6. The number of hydrogen-bond acceptors (Lipinski definition) is 2. The molecule has 1 atom stereocenters. The van der Waals surface area contributed by atoms with Gasteiger partial charge in [0.05, 0.1) is 11.4 Å². The van der Waals surface area contributed by atoms with Crippen LogP contribution in [0.15, 0.2) is 243 Å². The fraction of sp³-hybridized carbons (Fsp3) is 0.0323. The first-order valence-corrected chi connectivity index (χ1v) is 22.9. The van der Waals surface area contributed by atoms with E-state index in [1.807, 2.05) is 11.3 Å². The van der Waals surface area contributed by atoms with Gasteiger partial charge in [0, 0.05) is 48.0 Å². The summed E-state index contributed by atoms with van der Waals surface area (Å²) in [5.74, 6) is 0. The van der Waals surface area contributed by atoms with Crippen molar-refractivity contribution in [2.24, 2.45) is 0 Å². The Morgan fingerprint density at radius 1 is 0.344 bits per heavy atom. The summed E-state index contributed by atoms with van der Waals surface area (Å²) < 4.78 is 2.60. The van der Waals surface area contributed by atoms with Crippen molar-refractivity contribution in [3.05, 3.63) is 259 Å². The van der Waals surface area contributed by atoms with Crippen molar-refractivity contribution >= 4 is 48.6 Å². The second-order valence-electron chi connectivity index (χ2n) is 16.9. The molecule has 1 unspecified atom stereocenters. The van der Waals surface area contributed by atoms with Gasteiger partial charge in [0.25, 0.3) is 0 Å². The van der Waals surface area contributed by atoms with Crippen LogP contribution in [0.3, 0.4) is 0 Å². The van der Waals surface area contributed by atoms with Crippen LogP contribution in [0.4, 0.5) is 17.1 Å². The maximum atomic E-state index is 2.53. The molecule has 1 aliphatic carbocycles. The maximum absolute atomic E-state index is 2.53. The fourth-order valence-electron chi connectivity index (χ4n) is 10.4. The third kappa shape index (κ3) is 6.06. The zero-order valence-electron chi connectivity index (χ0n) is 35.4. The van der Waals surface area contributed by atoms with Gasteiger partial charge in [0.2, 0.25) is 0 Å². The monoisotopic (exact) mass is 833 g/mol. The highest BCUT2D eigenvalue weighted by Gasteiger charge is 2.41. The van der Waals surface area contributed by atoms with Crippen LogP contribution in [0.5, 0.6) is 0 Å². The van der Waals surface area contributed by atoms with Crippen LogP contribution >= 0.6 is 11.3 Å². The zero-order chi connectivity index (χ0) is 42.6. The lowest BCUT2D eigenvalue weighted by molar-refractivity contribution is 0.714. The Hall–Kier alpha value is -7.78. The molecule has 0 saturated heterocycles. The van der Waals surface area contributed by atoms with Crippen LogP contribution < -0.4 is 4.90 Å². The molecule has 10 aromatic carbocycles. The molecule has 0 saturated carbocycles. The molecule has 0 aliphatic heterocycles. The number of rotatable bonds is 8. The molecule has 0 fully saturated rings. The molecule has 1 heterocycles. The molecule has 0 amide bonds. The minimum absolute atomic E-state index is 0.357. The molecular formula is C62H43NS. The van der Waals surface area contributed by atoms with E-state index in [1.54, 1.807) is 0 Å². The first-order chi connectivity index (χ1) is 31.7. The van der Waals surface area contributed by atoms with Crippen LogP contribution in [0.1, 0.15) is 23.6 Å². The highest BCUT2D eigenvalue weighted by Crippen LogP contribution is 2.55. The van der Waals surface area contributed by atoms with E-state index in [1.165, 1.54) is 86.9 Å². The van der Waals surface area contributed by atoms with Crippen LogP contribution in [-0.4, -0.2) is 0 Å². The van der Waals surface area contributed by atoms with Gasteiger partial charge in [-0.25, -0.2) is 0 Å². The van der Waals surface area contributed by atoms with Crippen molar-refractivity contribution in [3.63, 3.8) is 0 Å². The Bertz CT molecular complexity index is 3530. The van der Waals surface area contributed by atoms with Gasteiger partial charge >= 0.3 is 0 Å².